The van der Waals surface area contributed by atoms with Gasteiger partial charge in [-0.05, 0) is 12.8 Å². The fourth-order valence-corrected chi connectivity index (χ4v) is 2.34. The first-order valence-electron chi connectivity index (χ1n) is 7.10. The largest absolute Gasteiger partial charge is 0.395 e. The maximum absolute atomic E-state index is 12.1. The van der Waals surface area contributed by atoms with Gasteiger partial charge in [-0.25, -0.2) is 0 Å². The summed E-state index contributed by atoms with van der Waals surface area (Å²) in [5.41, 5.74) is 0.0115. The normalized spacial score (nSPS) is 16.6. The molecule has 1 aliphatic carbocycles. The van der Waals surface area contributed by atoms with E-state index in [1.807, 2.05) is 6.07 Å². The third kappa shape index (κ3) is 5.19. The number of carbonyl (C=O) groups excluding carboxylic acids is 1. The van der Waals surface area contributed by atoms with Crippen molar-refractivity contribution < 1.29 is 15.0 Å². The summed E-state index contributed by atoms with van der Waals surface area (Å²) in [6.45, 7) is -0.162. The number of aliphatic hydroxyl groups is 2. The molecule has 0 aromatic heterocycles. The first kappa shape index (κ1) is 16.5. The second-order valence-electron chi connectivity index (χ2n) is 4.91. The van der Waals surface area contributed by atoms with Gasteiger partial charge >= 0.3 is 0 Å². The smallest absolute Gasteiger partial charge is 0.266 e. The molecule has 0 unspecified atom stereocenters. The predicted octanol–water partition coefficient (Wildman–Crippen LogP) is 0.129. The van der Waals surface area contributed by atoms with E-state index in [9.17, 15) is 4.79 Å². The van der Waals surface area contributed by atoms with E-state index < -0.39 is 5.91 Å². The molecule has 0 heterocycles. The average molecular weight is 281 g/mol. The number of amides is 1. The Kier molecular flexibility index (Phi) is 7.70. The molecule has 6 nitrogen and oxygen atoms in total. The zero-order valence-electron chi connectivity index (χ0n) is 11.7. The number of aliphatic hydroxyl groups excluding tert-OH is 2. The zero-order chi connectivity index (χ0) is 14.8. The van der Waals surface area contributed by atoms with Crippen molar-refractivity contribution >= 4 is 5.91 Å². The van der Waals surface area contributed by atoms with Gasteiger partial charge in [0, 0.05) is 25.3 Å². The van der Waals surface area contributed by atoms with Gasteiger partial charge in [0.15, 0.2) is 0 Å². The van der Waals surface area contributed by atoms with Crippen molar-refractivity contribution in [2.75, 3.05) is 26.3 Å². The van der Waals surface area contributed by atoms with Gasteiger partial charge in [-0.1, -0.05) is 19.3 Å². The lowest BCUT2D eigenvalue weighted by molar-refractivity contribution is -0.127. The van der Waals surface area contributed by atoms with E-state index in [4.69, 9.17) is 15.5 Å². The molecule has 1 aliphatic rings. The fraction of sp³-hybridized carbons (Fsp3) is 0.714. The lowest BCUT2D eigenvalue weighted by atomic mass is 9.96. The summed E-state index contributed by atoms with van der Waals surface area (Å²) in [5, 5.41) is 30.0. The number of hydrogen-bond donors (Lipinski definition) is 3. The maximum Gasteiger partial charge on any atom is 0.266 e. The molecule has 1 amide bonds. The van der Waals surface area contributed by atoms with Crippen LogP contribution >= 0.6 is 0 Å². The standard InChI is InChI=1S/C14H23N3O3/c15-10-12(11-16-13-4-2-1-3-5-13)14(20)17(6-8-18)7-9-19/h11,13,16,18-19H,1-9H2/b12-11-. The number of rotatable bonds is 7. The summed E-state index contributed by atoms with van der Waals surface area (Å²) in [4.78, 5) is 13.4. The molecule has 1 rings (SSSR count). The topological polar surface area (TPSA) is 96.6 Å². The molecule has 0 radical (unpaired) electrons. The van der Waals surface area contributed by atoms with Gasteiger partial charge in [0.2, 0.25) is 0 Å². The van der Waals surface area contributed by atoms with Crippen LogP contribution in [0.5, 0.6) is 0 Å². The second kappa shape index (κ2) is 9.34. The first-order valence-corrected chi connectivity index (χ1v) is 7.10. The molecule has 1 fully saturated rings. The van der Waals surface area contributed by atoms with Crippen LogP contribution in [-0.4, -0.2) is 53.4 Å². The van der Waals surface area contributed by atoms with Crippen LogP contribution in [0.25, 0.3) is 0 Å². The van der Waals surface area contributed by atoms with Crippen molar-refractivity contribution in [1.29, 1.82) is 5.26 Å². The predicted molar refractivity (Wildman–Crippen MR) is 74.5 cm³/mol. The van der Waals surface area contributed by atoms with Crippen LogP contribution in [0.2, 0.25) is 0 Å². The van der Waals surface area contributed by atoms with Crippen LogP contribution in [0.3, 0.4) is 0 Å². The van der Waals surface area contributed by atoms with Gasteiger partial charge in [0.05, 0.1) is 13.2 Å². The van der Waals surface area contributed by atoms with Crippen LogP contribution < -0.4 is 5.32 Å². The minimum absolute atomic E-state index is 0.0115. The van der Waals surface area contributed by atoms with Gasteiger partial charge in [-0.2, -0.15) is 5.26 Å². The molecule has 0 saturated heterocycles. The third-order valence-electron chi connectivity index (χ3n) is 3.45. The average Bonchev–Trinajstić information content (AvgIpc) is 2.48. The Balaban J connectivity index is 2.62. The maximum atomic E-state index is 12.1. The Bertz CT molecular complexity index is 364. The van der Waals surface area contributed by atoms with Gasteiger partial charge < -0.3 is 20.4 Å². The summed E-state index contributed by atoms with van der Waals surface area (Å²) in [6, 6.07) is 2.21. The van der Waals surface area contributed by atoms with E-state index in [1.54, 1.807) is 0 Å². The number of carbonyl (C=O) groups is 1. The molecule has 112 valence electrons. The quantitative estimate of drug-likeness (QED) is 0.455. The third-order valence-corrected chi connectivity index (χ3v) is 3.45. The second-order valence-corrected chi connectivity index (χ2v) is 4.91. The van der Waals surface area contributed by atoms with E-state index in [-0.39, 0.29) is 31.9 Å². The van der Waals surface area contributed by atoms with E-state index in [1.165, 1.54) is 30.4 Å². The summed E-state index contributed by atoms with van der Waals surface area (Å²) >= 11 is 0. The molecule has 0 aliphatic heterocycles. The highest BCUT2D eigenvalue weighted by molar-refractivity contribution is 5.97. The SMILES string of the molecule is N#C/C(=C/NC1CCCCC1)C(=O)N(CCO)CCO. The minimum atomic E-state index is -0.459. The van der Waals surface area contributed by atoms with Crippen molar-refractivity contribution in [2.24, 2.45) is 0 Å². The summed E-state index contributed by atoms with van der Waals surface area (Å²) in [6.07, 6.45) is 7.17. The highest BCUT2D eigenvalue weighted by atomic mass is 16.3. The van der Waals surface area contributed by atoms with Crippen molar-refractivity contribution in [2.45, 2.75) is 38.1 Å². The Morgan fingerprint density at radius 2 is 1.85 bits per heavy atom. The molecule has 6 heteroatoms. The summed E-state index contributed by atoms with van der Waals surface area (Å²) < 4.78 is 0. The van der Waals surface area contributed by atoms with Gasteiger partial charge in [0.25, 0.3) is 5.91 Å². The Labute approximate surface area is 119 Å². The molecular weight excluding hydrogens is 258 g/mol. The van der Waals surface area contributed by atoms with E-state index >= 15 is 0 Å². The highest BCUT2D eigenvalue weighted by Crippen LogP contribution is 2.17. The summed E-state index contributed by atoms with van der Waals surface area (Å²) in [5.74, 6) is -0.459. The van der Waals surface area contributed by atoms with Crippen molar-refractivity contribution in [3.63, 3.8) is 0 Å². The van der Waals surface area contributed by atoms with E-state index in [2.05, 4.69) is 5.32 Å². The molecule has 20 heavy (non-hydrogen) atoms. The molecule has 0 aromatic rings. The van der Waals surface area contributed by atoms with Crippen LogP contribution in [0.4, 0.5) is 0 Å². The Morgan fingerprint density at radius 1 is 1.25 bits per heavy atom. The molecule has 0 atom stereocenters. The molecule has 0 bridgehead atoms. The van der Waals surface area contributed by atoms with E-state index in [0.717, 1.165) is 12.8 Å². The molecular formula is C14H23N3O3. The summed E-state index contributed by atoms with van der Waals surface area (Å²) in [7, 11) is 0. The molecule has 1 saturated carbocycles. The zero-order valence-corrected chi connectivity index (χ0v) is 11.7. The van der Waals surface area contributed by atoms with Crippen LogP contribution in [0.1, 0.15) is 32.1 Å². The monoisotopic (exact) mass is 281 g/mol. The number of nitriles is 1. The molecule has 0 spiro atoms. The van der Waals surface area contributed by atoms with Crippen LogP contribution in [0, 0.1) is 11.3 Å². The number of nitrogens with one attached hydrogen (secondary N) is 1. The number of nitrogens with zero attached hydrogens (tertiary/aromatic N) is 2. The minimum Gasteiger partial charge on any atom is -0.395 e. The Morgan fingerprint density at radius 3 is 2.35 bits per heavy atom. The van der Waals surface area contributed by atoms with Gasteiger partial charge in [-0.3, -0.25) is 4.79 Å². The van der Waals surface area contributed by atoms with Gasteiger partial charge in [-0.15, -0.1) is 0 Å². The first-order chi connectivity index (χ1) is 9.72. The Hall–Kier alpha value is -1.58. The fourth-order valence-electron chi connectivity index (χ4n) is 2.34. The number of hydrogen-bond acceptors (Lipinski definition) is 5. The molecule has 3 N–H and O–H groups in total. The van der Waals surface area contributed by atoms with Crippen molar-refractivity contribution in [3.05, 3.63) is 11.8 Å². The van der Waals surface area contributed by atoms with Crippen molar-refractivity contribution in [3.8, 4) is 6.07 Å². The van der Waals surface area contributed by atoms with Crippen LogP contribution in [-0.2, 0) is 4.79 Å². The van der Waals surface area contributed by atoms with Crippen molar-refractivity contribution in [1.82, 2.24) is 10.2 Å². The van der Waals surface area contributed by atoms with Crippen LogP contribution in [0.15, 0.2) is 11.8 Å². The lowest BCUT2D eigenvalue weighted by Gasteiger charge is -2.23. The molecule has 0 aromatic carbocycles. The van der Waals surface area contributed by atoms with E-state index in [0.29, 0.717) is 6.04 Å². The lowest BCUT2D eigenvalue weighted by Crippen LogP contribution is -2.37. The highest BCUT2D eigenvalue weighted by Gasteiger charge is 2.18. The van der Waals surface area contributed by atoms with Gasteiger partial charge in [0.1, 0.15) is 11.6 Å².